The Balaban J connectivity index is 2.08. The maximum atomic E-state index is 12.5. The Hall–Kier alpha value is -2.39. The zero-order chi connectivity index (χ0) is 23.3. The Morgan fingerprint density at radius 2 is 1.84 bits per heavy atom. The average molecular weight is 485 g/mol. The lowest BCUT2D eigenvalue weighted by Crippen LogP contribution is -2.30. The van der Waals surface area contributed by atoms with Crippen LogP contribution >= 0.6 is 23.2 Å². The van der Waals surface area contributed by atoms with E-state index in [1.807, 2.05) is 0 Å². The molecule has 0 fully saturated rings. The molecule has 0 saturated heterocycles. The van der Waals surface area contributed by atoms with Crippen molar-refractivity contribution < 1.29 is 22.7 Å². The zero-order valence-electron chi connectivity index (χ0n) is 17.3. The molecule has 0 aliphatic rings. The lowest BCUT2D eigenvalue weighted by Gasteiger charge is -2.16. The van der Waals surface area contributed by atoms with E-state index in [1.165, 1.54) is 39.2 Å². The fourth-order valence-corrected chi connectivity index (χ4v) is 3.71. The number of nitrogens with zero attached hydrogens (tertiary/aromatic N) is 1. The van der Waals surface area contributed by atoms with Gasteiger partial charge in [-0.25, -0.2) is 17.5 Å². The van der Waals surface area contributed by atoms with Crippen molar-refractivity contribution in [1.29, 1.82) is 0 Å². The Kier molecular flexibility index (Phi) is 8.25. The van der Waals surface area contributed by atoms with Crippen molar-refractivity contribution in [2.24, 2.45) is 0 Å². The van der Waals surface area contributed by atoms with Crippen LogP contribution in [0.1, 0.15) is 18.1 Å². The largest absolute Gasteiger partial charge is 0.449 e. The lowest BCUT2D eigenvalue weighted by atomic mass is 10.2. The van der Waals surface area contributed by atoms with E-state index in [2.05, 4.69) is 5.32 Å². The van der Waals surface area contributed by atoms with Crippen molar-refractivity contribution in [3.05, 3.63) is 63.6 Å². The minimum Gasteiger partial charge on any atom is -0.449 e. The van der Waals surface area contributed by atoms with Crippen LogP contribution in [0.4, 0.5) is 5.69 Å². The van der Waals surface area contributed by atoms with Gasteiger partial charge in [0.2, 0.25) is 10.0 Å². The van der Waals surface area contributed by atoms with Crippen LogP contribution < -0.4 is 5.32 Å². The SMILES string of the molecule is Cc1ccc(S(=O)(=O)N(C)C)cc1NC(=O)C(C)OC(=O)/C=C/c1cccc(Cl)c1Cl. The molecular formula is C21H22Cl2N2O5S. The molecule has 0 aliphatic heterocycles. The first-order valence-electron chi connectivity index (χ1n) is 9.10. The predicted molar refractivity (Wildman–Crippen MR) is 122 cm³/mol. The van der Waals surface area contributed by atoms with Gasteiger partial charge in [0.15, 0.2) is 6.10 Å². The summed E-state index contributed by atoms with van der Waals surface area (Å²) in [6.07, 6.45) is 1.44. The third-order valence-corrected chi connectivity index (χ3v) is 6.93. The van der Waals surface area contributed by atoms with Crippen LogP contribution in [0, 0.1) is 6.92 Å². The number of carbonyl (C=O) groups is 2. The molecule has 2 aromatic rings. The van der Waals surface area contributed by atoms with Crippen molar-refractivity contribution >= 4 is 56.9 Å². The first-order valence-corrected chi connectivity index (χ1v) is 11.3. The standard InChI is InChI=1S/C21H22Cl2N2O5S/c1-13-8-10-16(31(28,29)25(3)4)12-18(13)24-21(27)14(2)30-19(26)11-9-15-6-5-7-17(22)20(15)23/h5-12,14H,1-4H3,(H,24,27)/b11-9+. The molecule has 1 amide bonds. The molecule has 2 rings (SSSR count). The molecule has 10 heteroatoms. The molecule has 1 N–H and O–H groups in total. The number of benzene rings is 2. The number of amides is 1. The van der Waals surface area contributed by atoms with Gasteiger partial charge in [0.1, 0.15) is 0 Å². The summed E-state index contributed by atoms with van der Waals surface area (Å²) in [7, 11) is -0.833. The highest BCUT2D eigenvalue weighted by molar-refractivity contribution is 7.89. The monoisotopic (exact) mass is 484 g/mol. The van der Waals surface area contributed by atoms with Gasteiger partial charge in [-0.2, -0.15) is 0 Å². The Bertz CT molecular complexity index is 1130. The number of rotatable bonds is 7. The van der Waals surface area contributed by atoms with E-state index in [9.17, 15) is 18.0 Å². The zero-order valence-corrected chi connectivity index (χ0v) is 19.7. The van der Waals surface area contributed by atoms with E-state index in [0.29, 0.717) is 26.9 Å². The highest BCUT2D eigenvalue weighted by Crippen LogP contribution is 2.26. The second kappa shape index (κ2) is 10.3. The average Bonchev–Trinajstić information content (AvgIpc) is 2.70. The van der Waals surface area contributed by atoms with Gasteiger partial charge in [-0.15, -0.1) is 0 Å². The van der Waals surface area contributed by atoms with E-state index in [0.717, 1.165) is 10.4 Å². The summed E-state index contributed by atoms with van der Waals surface area (Å²) in [6.45, 7) is 3.12. The van der Waals surface area contributed by atoms with Crippen LogP contribution in [0.2, 0.25) is 10.0 Å². The van der Waals surface area contributed by atoms with Crippen molar-refractivity contribution in [3.63, 3.8) is 0 Å². The Morgan fingerprint density at radius 3 is 2.48 bits per heavy atom. The van der Waals surface area contributed by atoms with E-state index in [-0.39, 0.29) is 4.90 Å². The summed E-state index contributed by atoms with van der Waals surface area (Å²) in [5.41, 5.74) is 1.48. The van der Waals surface area contributed by atoms with Crippen LogP contribution in [0.5, 0.6) is 0 Å². The summed E-state index contributed by atoms with van der Waals surface area (Å²) in [4.78, 5) is 24.5. The van der Waals surface area contributed by atoms with Crippen LogP contribution in [0.3, 0.4) is 0 Å². The number of nitrogens with one attached hydrogen (secondary N) is 1. The van der Waals surface area contributed by atoms with Crippen molar-refractivity contribution in [2.75, 3.05) is 19.4 Å². The van der Waals surface area contributed by atoms with Crippen LogP contribution in [-0.4, -0.2) is 44.8 Å². The van der Waals surface area contributed by atoms with Gasteiger partial charge in [0, 0.05) is 25.9 Å². The summed E-state index contributed by atoms with van der Waals surface area (Å²) in [5.74, 6) is -1.36. The minimum atomic E-state index is -3.66. The molecule has 7 nitrogen and oxygen atoms in total. The second-order valence-corrected chi connectivity index (χ2v) is 9.75. The maximum Gasteiger partial charge on any atom is 0.331 e. The predicted octanol–water partition coefficient (Wildman–Crippen LogP) is 4.14. The molecule has 0 aromatic heterocycles. The number of hydrogen-bond donors (Lipinski definition) is 1. The summed E-state index contributed by atoms with van der Waals surface area (Å²) in [5, 5.41) is 3.24. The van der Waals surface area contributed by atoms with Gasteiger partial charge in [0.25, 0.3) is 5.91 Å². The number of ether oxygens (including phenoxy) is 1. The molecule has 0 saturated carbocycles. The van der Waals surface area contributed by atoms with Crippen molar-refractivity contribution in [2.45, 2.75) is 24.8 Å². The molecule has 31 heavy (non-hydrogen) atoms. The molecule has 1 unspecified atom stereocenters. The van der Waals surface area contributed by atoms with Gasteiger partial charge < -0.3 is 10.1 Å². The number of anilines is 1. The van der Waals surface area contributed by atoms with Crippen molar-refractivity contribution in [1.82, 2.24) is 4.31 Å². The molecule has 0 aliphatic carbocycles. The number of sulfonamides is 1. The smallest absolute Gasteiger partial charge is 0.331 e. The van der Waals surface area contributed by atoms with E-state index < -0.39 is 28.0 Å². The molecule has 0 radical (unpaired) electrons. The fourth-order valence-electron chi connectivity index (χ4n) is 2.42. The van der Waals surface area contributed by atoms with E-state index in [4.69, 9.17) is 27.9 Å². The number of esters is 1. The molecule has 0 bridgehead atoms. The molecule has 166 valence electrons. The van der Waals surface area contributed by atoms with Gasteiger partial charge >= 0.3 is 5.97 Å². The van der Waals surface area contributed by atoms with Crippen LogP contribution in [-0.2, 0) is 24.3 Å². The van der Waals surface area contributed by atoms with Gasteiger partial charge in [0.05, 0.1) is 14.9 Å². The Labute approximate surface area is 191 Å². The molecule has 0 spiro atoms. The highest BCUT2D eigenvalue weighted by Gasteiger charge is 2.21. The molecule has 0 heterocycles. The van der Waals surface area contributed by atoms with Gasteiger partial charge in [-0.3, -0.25) is 4.79 Å². The molecule has 2 aromatic carbocycles. The topological polar surface area (TPSA) is 92.8 Å². The fraction of sp³-hybridized carbons (Fsp3) is 0.238. The van der Waals surface area contributed by atoms with Crippen molar-refractivity contribution in [3.8, 4) is 0 Å². The van der Waals surface area contributed by atoms with Crippen LogP contribution in [0.25, 0.3) is 6.08 Å². The first kappa shape index (κ1) is 24.9. The lowest BCUT2D eigenvalue weighted by molar-refractivity contribution is -0.148. The quantitative estimate of drug-likeness (QED) is 0.470. The summed E-state index contributed by atoms with van der Waals surface area (Å²) < 4.78 is 30.8. The number of aryl methyl sites for hydroxylation is 1. The number of hydrogen-bond acceptors (Lipinski definition) is 5. The molecule has 1 atom stereocenters. The third-order valence-electron chi connectivity index (χ3n) is 4.29. The summed E-state index contributed by atoms with van der Waals surface area (Å²) >= 11 is 12.0. The minimum absolute atomic E-state index is 0.0318. The Morgan fingerprint density at radius 1 is 1.16 bits per heavy atom. The summed E-state index contributed by atoms with van der Waals surface area (Å²) in [6, 6.07) is 9.37. The normalized spacial score (nSPS) is 12.7. The van der Waals surface area contributed by atoms with E-state index in [1.54, 1.807) is 31.2 Å². The van der Waals surface area contributed by atoms with Gasteiger partial charge in [-0.05, 0) is 49.2 Å². The second-order valence-electron chi connectivity index (χ2n) is 6.81. The number of halogens is 2. The third kappa shape index (κ3) is 6.30. The highest BCUT2D eigenvalue weighted by atomic mass is 35.5. The first-order chi connectivity index (χ1) is 14.4. The molecular weight excluding hydrogens is 463 g/mol. The van der Waals surface area contributed by atoms with Crippen LogP contribution in [0.15, 0.2) is 47.4 Å². The van der Waals surface area contributed by atoms with Gasteiger partial charge in [-0.1, -0.05) is 41.4 Å². The maximum absolute atomic E-state index is 12.5. The number of carbonyl (C=O) groups excluding carboxylic acids is 2. The van der Waals surface area contributed by atoms with E-state index >= 15 is 0 Å².